The Hall–Kier alpha value is -4.46. The third kappa shape index (κ3) is 14.8. The predicted octanol–water partition coefficient (Wildman–Crippen LogP) is 17.5. The number of aromatic nitrogens is 3. The highest BCUT2D eigenvalue weighted by atomic mass is 28.4. The zero-order chi connectivity index (χ0) is 70.1. The summed E-state index contributed by atoms with van der Waals surface area (Å²) in [7, 11) is -5.65. The zero-order valence-corrected chi connectivity index (χ0v) is 64.9. The highest BCUT2D eigenvalue weighted by Gasteiger charge is 2.70. The fourth-order valence-corrected chi connectivity index (χ4v) is 20.1. The molecular formula is C78H113N3O13Si3. The van der Waals surface area contributed by atoms with Gasteiger partial charge in [0.1, 0.15) is 35.6 Å². The average molecular weight is 1390 g/mol. The molecule has 3 saturated heterocycles. The number of rotatable bonds is 10. The summed E-state index contributed by atoms with van der Waals surface area (Å²) in [4.78, 5) is 13.0. The summed E-state index contributed by atoms with van der Waals surface area (Å²) in [5.74, 6) is 0.378. The molecule has 9 fully saturated rings. The molecule has 2 N–H and O–H groups in total. The van der Waals surface area contributed by atoms with Gasteiger partial charge in [0.2, 0.25) is 0 Å². The number of aliphatic hydroxyl groups excluding tert-OH is 1. The summed E-state index contributed by atoms with van der Waals surface area (Å²) in [5.41, 5.74) is 2.98. The molecule has 0 amide bonds. The summed E-state index contributed by atoms with van der Waals surface area (Å²) in [6.07, 6.45) is 14.6. The number of aromatic hydroxyl groups is 1. The molecule has 16 nitrogen and oxygen atoms in total. The highest BCUT2D eigenvalue weighted by Crippen LogP contribution is 2.64. The molecule has 19 heteroatoms. The van der Waals surface area contributed by atoms with Crippen molar-refractivity contribution < 1.29 is 61.4 Å². The van der Waals surface area contributed by atoms with E-state index >= 15 is 0 Å². The molecule has 3 aliphatic heterocycles. The van der Waals surface area contributed by atoms with Crippen LogP contribution in [0.1, 0.15) is 162 Å². The van der Waals surface area contributed by atoms with E-state index in [1.807, 2.05) is 109 Å². The van der Waals surface area contributed by atoms with E-state index < -0.39 is 42.3 Å². The quantitative estimate of drug-likeness (QED) is 0.124. The average Bonchev–Trinajstić information content (AvgIpc) is 1.57. The SMILES string of the molecule is CC1(C)O[C@H]2[C@@H](O[Si](C)(C)C(C)(C)C)CC3(CC(O)C3)[C@H]2O1.CC1(C)O[C@H]2[C@@H](O[Si](C)(C)C(C)(C)C)CC3(CC(Oc4ccc5cccnc5c4)C3)[C@H]2O1.CC1(C)O[C@H]2[C@@H](O[Si](C)(C)C(C)(C)C)CC3(CC(Oc4ccc5cccnc5c4)C3)[C@H]2O1.Oc1ccc2cccnc2c1. The monoisotopic (exact) mass is 1380 g/mol. The zero-order valence-electron chi connectivity index (χ0n) is 61.9. The van der Waals surface area contributed by atoms with Crippen LogP contribution in [0.3, 0.4) is 0 Å². The van der Waals surface area contributed by atoms with Gasteiger partial charge in [0.25, 0.3) is 0 Å². The Morgan fingerprint density at radius 2 is 0.701 bits per heavy atom. The lowest BCUT2D eigenvalue weighted by Crippen LogP contribution is -2.50. The van der Waals surface area contributed by atoms with Crippen molar-refractivity contribution >= 4 is 57.7 Å². The van der Waals surface area contributed by atoms with Crippen molar-refractivity contribution in [1.29, 1.82) is 0 Å². The minimum absolute atomic E-state index is 0.00458. The van der Waals surface area contributed by atoms with E-state index in [4.69, 9.17) is 56.3 Å². The first-order valence-electron chi connectivity index (χ1n) is 35.8. The van der Waals surface area contributed by atoms with Crippen LogP contribution in [0, 0.1) is 16.2 Å². The molecule has 0 bridgehead atoms. The third-order valence-electron chi connectivity index (χ3n) is 24.0. The number of nitrogens with zero attached hydrogens (tertiary/aromatic N) is 3. The van der Waals surface area contributed by atoms with Crippen molar-refractivity contribution in [3.8, 4) is 17.2 Å². The van der Waals surface area contributed by atoms with Crippen LogP contribution in [0.5, 0.6) is 17.2 Å². The van der Waals surface area contributed by atoms with Crippen molar-refractivity contribution in [3.63, 3.8) is 0 Å². The van der Waals surface area contributed by atoms with Crippen LogP contribution in [0.25, 0.3) is 32.7 Å². The largest absolute Gasteiger partial charge is 0.508 e. The molecule has 97 heavy (non-hydrogen) atoms. The fraction of sp³-hybridized carbons (Fsp3) is 0.654. The van der Waals surface area contributed by atoms with Crippen LogP contribution in [0.4, 0.5) is 0 Å². The number of aliphatic hydroxyl groups is 1. The van der Waals surface area contributed by atoms with E-state index in [1.54, 1.807) is 18.3 Å². The van der Waals surface area contributed by atoms with E-state index in [9.17, 15) is 5.11 Å². The molecule has 6 aliphatic carbocycles. The predicted molar refractivity (Wildman–Crippen MR) is 388 cm³/mol. The lowest BCUT2D eigenvalue weighted by molar-refractivity contribution is -0.191. The fourth-order valence-electron chi connectivity index (χ4n) is 16.1. The van der Waals surface area contributed by atoms with Crippen molar-refractivity contribution in [1.82, 2.24) is 15.0 Å². The van der Waals surface area contributed by atoms with E-state index in [-0.39, 0.29) is 110 Å². The van der Waals surface area contributed by atoms with Crippen LogP contribution < -0.4 is 9.47 Å². The molecule has 6 aromatic rings. The van der Waals surface area contributed by atoms with Gasteiger partial charge in [-0.25, -0.2) is 0 Å². The Morgan fingerprint density at radius 1 is 0.402 bits per heavy atom. The molecule has 6 heterocycles. The van der Waals surface area contributed by atoms with E-state index in [0.717, 1.165) is 102 Å². The van der Waals surface area contributed by atoms with Crippen LogP contribution in [0.15, 0.2) is 110 Å². The summed E-state index contributed by atoms with van der Waals surface area (Å²) >= 11 is 0. The van der Waals surface area contributed by atoms with Crippen LogP contribution in [0.2, 0.25) is 54.4 Å². The van der Waals surface area contributed by atoms with Gasteiger partial charge in [-0.3, -0.25) is 15.0 Å². The number of hydrogen-bond acceptors (Lipinski definition) is 16. The number of benzene rings is 3. The summed E-state index contributed by atoms with van der Waals surface area (Å²) in [6, 6.07) is 29.4. The number of phenolic OH excluding ortho intramolecular Hbond substituents is 1. The van der Waals surface area contributed by atoms with Crippen molar-refractivity contribution in [2.24, 2.45) is 16.2 Å². The Kier molecular flexibility index (Phi) is 19.0. The maximum Gasteiger partial charge on any atom is 0.192 e. The maximum absolute atomic E-state index is 9.84. The number of hydrogen-bond donors (Lipinski definition) is 2. The van der Waals surface area contributed by atoms with Crippen molar-refractivity contribution in [2.75, 3.05) is 0 Å². The number of pyridine rings is 3. The van der Waals surface area contributed by atoms with Crippen molar-refractivity contribution in [2.45, 2.75) is 307 Å². The molecule has 9 atom stereocenters. The number of phenols is 1. The van der Waals surface area contributed by atoms with Gasteiger partial charge in [-0.05, 0) is 208 Å². The van der Waals surface area contributed by atoms with Crippen LogP contribution in [-0.2, 0) is 41.7 Å². The second-order valence-electron chi connectivity index (χ2n) is 36.0. The van der Waals surface area contributed by atoms with Gasteiger partial charge in [0.15, 0.2) is 42.3 Å². The summed E-state index contributed by atoms with van der Waals surface area (Å²) < 4.78 is 71.4. The minimum atomic E-state index is -1.91. The molecule has 0 radical (unpaired) electrons. The Morgan fingerprint density at radius 3 is 1.01 bits per heavy atom. The molecule has 3 spiro atoms. The van der Waals surface area contributed by atoms with Crippen LogP contribution in [-0.4, -0.2) is 141 Å². The summed E-state index contributed by atoms with van der Waals surface area (Å²) in [6.45, 7) is 46.5. The first-order valence-corrected chi connectivity index (χ1v) is 44.5. The van der Waals surface area contributed by atoms with Gasteiger partial charge in [-0.2, -0.15) is 0 Å². The Balaban J connectivity index is 0.000000130. The van der Waals surface area contributed by atoms with Gasteiger partial charge in [-0.15, -0.1) is 0 Å². The lowest BCUT2D eigenvalue weighted by atomic mass is 9.64. The standard InChI is InChI=1S/2C26H37NO4Si.C17H32O4Si.C9H7NO/c2*1-24(2,3)32(6,7)31-21-16-26(23-22(21)29-25(4,5)30-23)14-19(15-26)28-18-11-10-17-9-8-12-27-20(17)13-18;1-15(2,3)22(6,7)21-12-10-17(8-11(18)9-17)14-13(12)19-16(4,5)20-14;11-8-4-3-7-2-1-5-10-9(7)6-8/h2*8-13,19,21-23H,14-16H2,1-7H3;11-14,18H,8-10H2,1-7H3;1-6,11H/t2*19?,21-,22-,23-,26?;11?,12-,13-,14-,17?;/m000./s1. The molecule has 3 aromatic heterocycles. The van der Waals surface area contributed by atoms with Gasteiger partial charge < -0.3 is 61.4 Å². The van der Waals surface area contributed by atoms with Gasteiger partial charge in [0.05, 0.1) is 71.5 Å². The first kappa shape index (κ1) is 72.3. The smallest absolute Gasteiger partial charge is 0.192 e. The van der Waals surface area contributed by atoms with Gasteiger partial charge in [-0.1, -0.05) is 80.5 Å². The topological polar surface area (TPSA) is 181 Å². The molecule has 530 valence electrons. The number of ether oxygens (including phenoxy) is 8. The molecule has 9 aliphatic rings. The second-order valence-corrected chi connectivity index (χ2v) is 50.2. The van der Waals surface area contributed by atoms with E-state index in [0.29, 0.717) is 0 Å². The molecule has 0 unspecified atom stereocenters. The molecule has 6 saturated carbocycles. The maximum atomic E-state index is 9.84. The molecule has 15 rings (SSSR count). The second kappa shape index (κ2) is 25.5. The normalized spacial score (nSPS) is 33.6. The number of fused-ring (bicyclic) bond motifs is 9. The Labute approximate surface area is 580 Å². The van der Waals surface area contributed by atoms with Gasteiger partial charge >= 0.3 is 0 Å². The molecular weight excluding hydrogens is 1270 g/mol. The first-order chi connectivity index (χ1) is 45.0. The van der Waals surface area contributed by atoms with E-state index in [2.05, 4.69) is 141 Å². The van der Waals surface area contributed by atoms with Gasteiger partial charge in [0, 0.05) is 69.2 Å². The highest BCUT2D eigenvalue weighted by molar-refractivity contribution is 6.75. The van der Waals surface area contributed by atoms with Crippen molar-refractivity contribution in [3.05, 3.63) is 110 Å². The third-order valence-corrected chi connectivity index (χ3v) is 37.6. The van der Waals surface area contributed by atoms with Crippen LogP contribution >= 0.6 is 0 Å². The lowest BCUT2D eigenvalue weighted by Gasteiger charge is -2.48. The Bertz CT molecular complexity index is 3620. The minimum Gasteiger partial charge on any atom is -0.508 e. The van der Waals surface area contributed by atoms with E-state index in [1.165, 1.54) is 0 Å². The molecule has 3 aromatic carbocycles. The summed E-state index contributed by atoms with van der Waals surface area (Å²) in [5, 5.41) is 22.8.